The number of aryl methyl sites for hydroxylation is 2. The first-order valence-electron chi connectivity index (χ1n) is 10.0. The van der Waals surface area contributed by atoms with E-state index in [0.29, 0.717) is 5.56 Å². The summed E-state index contributed by atoms with van der Waals surface area (Å²) >= 11 is 0. The van der Waals surface area contributed by atoms with E-state index in [2.05, 4.69) is 27.3 Å². The number of benzene rings is 1. The van der Waals surface area contributed by atoms with Gasteiger partial charge in [0.2, 0.25) is 5.91 Å². The molecule has 0 bridgehead atoms. The summed E-state index contributed by atoms with van der Waals surface area (Å²) in [7, 11) is 0. The van der Waals surface area contributed by atoms with Crippen LogP contribution in [0, 0.1) is 13.8 Å². The average molecular weight is 380 g/mol. The van der Waals surface area contributed by atoms with Crippen molar-refractivity contribution in [1.29, 1.82) is 0 Å². The van der Waals surface area contributed by atoms with Crippen LogP contribution in [0.15, 0.2) is 41.2 Å². The van der Waals surface area contributed by atoms with Crippen molar-refractivity contribution in [3.63, 3.8) is 0 Å². The second-order valence-corrected chi connectivity index (χ2v) is 7.49. The van der Waals surface area contributed by atoms with E-state index in [0.717, 1.165) is 29.9 Å². The molecule has 0 atom stereocenters. The van der Waals surface area contributed by atoms with Crippen LogP contribution in [0.4, 0.5) is 5.69 Å². The van der Waals surface area contributed by atoms with E-state index in [1.165, 1.54) is 37.4 Å². The molecule has 0 aliphatic carbocycles. The molecule has 5 heteroatoms. The number of nitrogens with one attached hydrogen (secondary N) is 2. The van der Waals surface area contributed by atoms with Gasteiger partial charge in [-0.15, -0.1) is 0 Å². The Labute approximate surface area is 166 Å². The Balaban J connectivity index is 1.56. The monoisotopic (exact) mass is 379 g/mol. The third kappa shape index (κ3) is 5.35. The Morgan fingerprint density at radius 2 is 1.79 bits per heavy atom. The maximum Gasteiger partial charge on any atom is 0.253 e. The number of H-pyrrole nitrogens is 1. The van der Waals surface area contributed by atoms with Gasteiger partial charge in [0.25, 0.3) is 5.56 Å². The number of aromatic nitrogens is 1. The summed E-state index contributed by atoms with van der Waals surface area (Å²) in [5.74, 6) is -0.212. The van der Waals surface area contributed by atoms with Crippen LogP contribution in [0.25, 0.3) is 6.08 Å². The maximum atomic E-state index is 12.1. The first-order valence-corrected chi connectivity index (χ1v) is 10.0. The maximum absolute atomic E-state index is 12.1. The van der Waals surface area contributed by atoms with Crippen LogP contribution >= 0.6 is 0 Å². The van der Waals surface area contributed by atoms with Crippen LogP contribution in [0.2, 0.25) is 0 Å². The van der Waals surface area contributed by atoms with E-state index in [4.69, 9.17) is 0 Å². The minimum Gasteiger partial charge on any atom is -0.372 e. The highest BCUT2D eigenvalue weighted by Gasteiger charge is 2.09. The summed E-state index contributed by atoms with van der Waals surface area (Å²) in [6.07, 6.45) is 8.46. The lowest BCUT2D eigenvalue weighted by atomic mass is 10.1. The number of amides is 1. The summed E-state index contributed by atoms with van der Waals surface area (Å²) in [5, 5.41) is 2.79. The number of carbonyl (C=O) groups is 1. The number of carbonyl (C=O) groups excluding carboxylic acids is 1. The molecule has 5 nitrogen and oxygen atoms in total. The minimum absolute atomic E-state index is 0.147. The van der Waals surface area contributed by atoms with Crippen molar-refractivity contribution in [1.82, 2.24) is 10.3 Å². The first kappa shape index (κ1) is 19.9. The topological polar surface area (TPSA) is 65.2 Å². The summed E-state index contributed by atoms with van der Waals surface area (Å²) in [4.78, 5) is 29.3. The van der Waals surface area contributed by atoms with E-state index >= 15 is 0 Å². The zero-order valence-electron chi connectivity index (χ0n) is 16.8. The normalized spacial score (nSPS) is 14.9. The fraction of sp³-hybridized carbons (Fsp3) is 0.391. The molecule has 1 saturated heterocycles. The largest absolute Gasteiger partial charge is 0.372 e. The van der Waals surface area contributed by atoms with Crippen molar-refractivity contribution in [2.45, 2.75) is 46.1 Å². The summed E-state index contributed by atoms with van der Waals surface area (Å²) in [6.45, 7) is 6.19. The van der Waals surface area contributed by atoms with Crippen LogP contribution in [0.3, 0.4) is 0 Å². The van der Waals surface area contributed by atoms with Gasteiger partial charge in [-0.25, -0.2) is 0 Å². The van der Waals surface area contributed by atoms with Gasteiger partial charge in [0, 0.05) is 42.7 Å². The Bertz CT molecular complexity index is 889. The molecule has 1 aromatic heterocycles. The van der Waals surface area contributed by atoms with Gasteiger partial charge >= 0.3 is 0 Å². The molecule has 1 aromatic carbocycles. The number of pyridine rings is 1. The zero-order valence-corrected chi connectivity index (χ0v) is 16.8. The van der Waals surface area contributed by atoms with Gasteiger partial charge in [-0.3, -0.25) is 9.59 Å². The number of rotatable bonds is 5. The van der Waals surface area contributed by atoms with Crippen LogP contribution in [0.5, 0.6) is 0 Å². The highest BCUT2D eigenvalue weighted by Crippen LogP contribution is 2.20. The van der Waals surface area contributed by atoms with Gasteiger partial charge in [-0.05, 0) is 62.1 Å². The number of hydrogen-bond acceptors (Lipinski definition) is 3. The molecule has 2 aromatic rings. The fourth-order valence-electron chi connectivity index (χ4n) is 3.63. The fourth-order valence-corrected chi connectivity index (χ4v) is 3.63. The quantitative estimate of drug-likeness (QED) is 0.779. The molecule has 3 rings (SSSR count). The second kappa shape index (κ2) is 9.40. The molecule has 1 fully saturated rings. The molecular weight excluding hydrogens is 350 g/mol. The number of hydrogen-bond donors (Lipinski definition) is 2. The predicted octanol–water partition coefficient (Wildman–Crippen LogP) is 3.70. The van der Waals surface area contributed by atoms with Crippen LogP contribution in [-0.4, -0.2) is 24.0 Å². The second-order valence-electron chi connectivity index (χ2n) is 7.49. The molecule has 1 amide bonds. The molecule has 28 heavy (non-hydrogen) atoms. The van der Waals surface area contributed by atoms with Crippen LogP contribution in [-0.2, 0) is 11.3 Å². The molecule has 2 heterocycles. The Morgan fingerprint density at radius 3 is 2.43 bits per heavy atom. The Hall–Kier alpha value is -2.82. The smallest absolute Gasteiger partial charge is 0.253 e. The third-order valence-electron chi connectivity index (χ3n) is 5.22. The van der Waals surface area contributed by atoms with Crippen LogP contribution < -0.4 is 15.8 Å². The highest BCUT2D eigenvalue weighted by molar-refractivity contribution is 5.91. The molecule has 1 aliphatic heterocycles. The number of anilines is 1. The lowest BCUT2D eigenvalue weighted by Crippen LogP contribution is -2.26. The minimum atomic E-state index is -0.212. The van der Waals surface area contributed by atoms with E-state index in [1.54, 1.807) is 6.08 Å². The van der Waals surface area contributed by atoms with Crippen molar-refractivity contribution >= 4 is 17.7 Å². The number of nitrogens with zero attached hydrogens (tertiary/aromatic N) is 1. The molecular formula is C23H29N3O2. The Kier molecular flexibility index (Phi) is 6.69. The molecule has 1 aliphatic rings. The van der Waals surface area contributed by atoms with Gasteiger partial charge in [0.15, 0.2) is 0 Å². The predicted molar refractivity (Wildman–Crippen MR) is 115 cm³/mol. The van der Waals surface area contributed by atoms with E-state index in [9.17, 15) is 9.59 Å². The highest BCUT2D eigenvalue weighted by atomic mass is 16.1. The SMILES string of the molecule is Cc1cc(C)c(CNC(=O)/C=C/c2ccc(N3CCCCCC3)cc2)c(=O)[nH]1. The van der Waals surface area contributed by atoms with Gasteiger partial charge in [0.05, 0.1) is 0 Å². The van der Waals surface area contributed by atoms with Crippen LogP contribution in [0.1, 0.15) is 48.1 Å². The molecule has 148 valence electrons. The molecule has 0 spiro atoms. The van der Waals surface area contributed by atoms with E-state index < -0.39 is 0 Å². The summed E-state index contributed by atoms with van der Waals surface area (Å²) in [6, 6.07) is 10.2. The van der Waals surface area contributed by atoms with Crippen molar-refractivity contribution in [3.05, 3.63) is 69.1 Å². The van der Waals surface area contributed by atoms with Gasteiger partial charge < -0.3 is 15.2 Å². The van der Waals surface area contributed by atoms with Gasteiger partial charge in [-0.2, -0.15) is 0 Å². The zero-order chi connectivity index (χ0) is 19.9. The Morgan fingerprint density at radius 1 is 1.11 bits per heavy atom. The lowest BCUT2D eigenvalue weighted by molar-refractivity contribution is -0.116. The third-order valence-corrected chi connectivity index (χ3v) is 5.22. The van der Waals surface area contributed by atoms with Crippen molar-refractivity contribution in [3.8, 4) is 0 Å². The molecule has 2 N–H and O–H groups in total. The average Bonchev–Trinajstić information content (AvgIpc) is 2.95. The van der Waals surface area contributed by atoms with Gasteiger partial charge in [-0.1, -0.05) is 25.0 Å². The van der Waals surface area contributed by atoms with Crippen molar-refractivity contribution < 1.29 is 4.79 Å². The molecule has 0 radical (unpaired) electrons. The van der Waals surface area contributed by atoms with Gasteiger partial charge in [0.1, 0.15) is 0 Å². The lowest BCUT2D eigenvalue weighted by Gasteiger charge is -2.22. The van der Waals surface area contributed by atoms with Crippen molar-refractivity contribution in [2.24, 2.45) is 0 Å². The van der Waals surface area contributed by atoms with E-state index in [-0.39, 0.29) is 18.0 Å². The number of aromatic amines is 1. The molecule has 0 saturated carbocycles. The summed E-state index contributed by atoms with van der Waals surface area (Å²) in [5.41, 5.74) is 4.38. The van der Waals surface area contributed by atoms with Crippen molar-refractivity contribution in [2.75, 3.05) is 18.0 Å². The molecule has 0 unspecified atom stereocenters. The standard InChI is InChI=1S/C23H29N3O2/c1-17-15-18(2)25-23(28)21(17)16-24-22(27)12-9-19-7-10-20(11-8-19)26-13-5-3-4-6-14-26/h7-12,15H,3-6,13-14,16H2,1-2H3,(H,24,27)(H,25,28)/b12-9+. The van der Waals surface area contributed by atoms with E-state index in [1.807, 2.05) is 32.0 Å². The summed E-state index contributed by atoms with van der Waals surface area (Å²) < 4.78 is 0. The first-order chi connectivity index (χ1) is 13.5.